The Bertz CT molecular complexity index is 562. The van der Waals surface area contributed by atoms with Gasteiger partial charge in [0.05, 0.1) is 19.8 Å². The van der Waals surface area contributed by atoms with E-state index in [-0.39, 0.29) is 11.6 Å². The van der Waals surface area contributed by atoms with Crippen LogP contribution in [-0.4, -0.2) is 44.7 Å². The third-order valence-corrected chi connectivity index (χ3v) is 4.68. The lowest BCUT2D eigenvalue weighted by Gasteiger charge is -2.33. The molecule has 5 nitrogen and oxygen atoms in total. The molecule has 1 saturated heterocycles. The maximum atomic E-state index is 5.95. The molecule has 0 spiro atoms. The first-order chi connectivity index (χ1) is 14.1. The van der Waals surface area contributed by atoms with Gasteiger partial charge in [0.15, 0.2) is 0 Å². The highest BCUT2D eigenvalue weighted by Gasteiger charge is 2.27. The molecule has 30 heavy (non-hydrogen) atoms. The second kappa shape index (κ2) is 13.3. The lowest BCUT2D eigenvalue weighted by Crippen LogP contribution is -2.42. The first-order valence-corrected chi connectivity index (χ1v) is 11.3. The summed E-state index contributed by atoms with van der Waals surface area (Å²) in [5.74, 6) is 0.938. The van der Waals surface area contributed by atoms with E-state index in [0.717, 1.165) is 44.6 Å². The molecule has 1 aliphatic rings. The zero-order chi connectivity index (χ0) is 22.6. The average molecular weight is 424 g/mol. The highest BCUT2D eigenvalue weighted by Crippen LogP contribution is 2.27. The fourth-order valence-electron chi connectivity index (χ4n) is 3.22. The Labute approximate surface area is 184 Å². The van der Waals surface area contributed by atoms with Gasteiger partial charge in [-0.25, -0.2) is 0 Å². The lowest BCUT2D eigenvalue weighted by molar-refractivity contribution is -0.0315. The zero-order valence-corrected chi connectivity index (χ0v) is 20.5. The predicted octanol–water partition coefficient (Wildman–Crippen LogP) is 5.56. The van der Waals surface area contributed by atoms with Crippen molar-refractivity contribution in [1.29, 1.82) is 0 Å². The molecule has 174 valence electrons. The number of ether oxygens (including phenoxy) is 3. The summed E-state index contributed by atoms with van der Waals surface area (Å²) < 4.78 is 16.5. The van der Waals surface area contributed by atoms with E-state index in [9.17, 15) is 0 Å². The Kier molecular flexibility index (Phi) is 11.9. The molecule has 0 aliphatic carbocycles. The van der Waals surface area contributed by atoms with Crippen LogP contribution < -0.4 is 10.2 Å². The minimum atomic E-state index is -0.0571. The van der Waals surface area contributed by atoms with E-state index in [1.807, 2.05) is 12.1 Å². The first-order valence-electron chi connectivity index (χ1n) is 11.3. The van der Waals surface area contributed by atoms with E-state index in [1.165, 1.54) is 5.56 Å². The number of nitrogens with one attached hydrogen (secondary N) is 1. The van der Waals surface area contributed by atoms with Crippen LogP contribution in [0.15, 0.2) is 24.3 Å². The van der Waals surface area contributed by atoms with Crippen molar-refractivity contribution >= 4 is 0 Å². The van der Waals surface area contributed by atoms with Crippen LogP contribution in [0.1, 0.15) is 73.3 Å². The molecule has 1 N–H and O–H groups in total. The molecule has 2 rings (SSSR count). The number of hydrogen-bond donors (Lipinski definition) is 1. The van der Waals surface area contributed by atoms with Crippen molar-refractivity contribution in [2.24, 2.45) is 5.41 Å². The van der Waals surface area contributed by atoms with Gasteiger partial charge in [0.1, 0.15) is 18.5 Å². The van der Waals surface area contributed by atoms with Crippen LogP contribution in [0, 0.1) is 5.41 Å². The lowest BCUT2D eigenvalue weighted by atomic mass is 9.85. The molecule has 0 aromatic heterocycles. The Hall–Kier alpha value is -1.14. The fourth-order valence-corrected chi connectivity index (χ4v) is 3.22. The minimum absolute atomic E-state index is 0.0571. The predicted molar refractivity (Wildman–Crippen MR) is 124 cm³/mol. The smallest absolute Gasteiger partial charge is 0.119 e. The Balaban J connectivity index is 0.000000308. The summed E-state index contributed by atoms with van der Waals surface area (Å²) in [6.07, 6.45) is 4.79. The van der Waals surface area contributed by atoms with Crippen molar-refractivity contribution in [2.45, 2.75) is 91.9 Å². The second-order valence-corrected chi connectivity index (χ2v) is 9.92. The molecule has 1 aromatic rings. The molecular formula is C25H45NO4. The number of aryl methyl sites for hydroxylation is 1. The Morgan fingerprint density at radius 3 is 2.17 bits per heavy atom. The van der Waals surface area contributed by atoms with Crippen LogP contribution >= 0.6 is 0 Å². The summed E-state index contributed by atoms with van der Waals surface area (Å²) in [7, 11) is 1.66. The van der Waals surface area contributed by atoms with E-state index in [2.05, 4.69) is 66.1 Å². The highest BCUT2D eigenvalue weighted by molar-refractivity contribution is 5.27. The molecule has 0 amide bonds. The van der Waals surface area contributed by atoms with Crippen LogP contribution in [0.4, 0.5) is 0 Å². The molecule has 0 radical (unpaired) electrons. The number of epoxide rings is 1. The molecule has 2 unspecified atom stereocenters. The van der Waals surface area contributed by atoms with E-state index in [1.54, 1.807) is 7.11 Å². The van der Waals surface area contributed by atoms with Crippen molar-refractivity contribution in [1.82, 2.24) is 5.48 Å². The van der Waals surface area contributed by atoms with Crippen LogP contribution in [0.2, 0.25) is 0 Å². The van der Waals surface area contributed by atoms with Crippen molar-refractivity contribution in [3.05, 3.63) is 29.8 Å². The fraction of sp³-hybridized carbons (Fsp3) is 0.760. The summed E-state index contributed by atoms with van der Waals surface area (Å²) in [6, 6.07) is 8.23. The minimum Gasteiger partial charge on any atom is -0.491 e. The number of hydroxylamine groups is 1. The first kappa shape index (κ1) is 26.9. The van der Waals surface area contributed by atoms with Gasteiger partial charge < -0.3 is 19.0 Å². The van der Waals surface area contributed by atoms with Gasteiger partial charge in [0.2, 0.25) is 0 Å². The zero-order valence-electron chi connectivity index (χ0n) is 20.5. The van der Waals surface area contributed by atoms with Crippen LogP contribution in [0.5, 0.6) is 5.75 Å². The largest absolute Gasteiger partial charge is 0.491 e. The average Bonchev–Trinajstić information content (AvgIpc) is 3.48. The van der Waals surface area contributed by atoms with Gasteiger partial charge in [-0.3, -0.25) is 0 Å². The summed E-state index contributed by atoms with van der Waals surface area (Å²) >= 11 is 0. The van der Waals surface area contributed by atoms with Gasteiger partial charge in [0, 0.05) is 12.1 Å². The van der Waals surface area contributed by atoms with E-state index < -0.39 is 0 Å². The normalized spacial score (nSPS) is 17.1. The number of benzene rings is 1. The van der Waals surface area contributed by atoms with Gasteiger partial charge in [-0.2, -0.15) is 5.48 Å². The topological polar surface area (TPSA) is 52.2 Å². The molecule has 1 heterocycles. The number of hydrogen-bond acceptors (Lipinski definition) is 5. The van der Waals surface area contributed by atoms with Crippen molar-refractivity contribution < 1.29 is 19.0 Å². The van der Waals surface area contributed by atoms with Crippen LogP contribution in [-0.2, 0) is 20.7 Å². The molecule has 2 atom stereocenters. The van der Waals surface area contributed by atoms with E-state index in [0.29, 0.717) is 18.1 Å². The molecular weight excluding hydrogens is 378 g/mol. The summed E-state index contributed by atoms with van der Waals surface area (Å²) in [5.41, 5.74) is 4.61. The Morgan fingerprint density at radius 2 is 1.70 bits per heavy atom. The third-order valence-electron chi connectivity index (χ3n) is 4.68. The van der Waals surface area contributed by atoms with E-state index in [4.69, 9.17) is 19.0 Å². The molecule has 1 aliphatic heterocycles. The van der Waals surface area contributed by atoms with Gasteiger partial charge >= 0.3 is 0 Å². The maximum Gasteiger partial charge on any atom is 0.119 e. The van der Waals surface area contributed by atoms with Crippen molar-refractivity contribution in [2.75, 3.05) is 26.9 Å². The molecule has 1 aromatic carbocycles. The third kappa shape index (κ3) is 13.2. The van der Waals surface area contributed by atoms with Gasteiger partial charge in [0.25, 0.3) is 0 Å². The van der Waals surface area contributed by atoms with Gasteiger partial charge in [-0.1, -0.05) is 46.8 Å². The van der Waals surface area contributed by atoms with Crippen LogP contribution in [0.25, 0.3) is 0 Å². The summed E-state index contributed by atoms with van der Waals surface area (Å²) in [4.78, 5) is 5.04. The SMILES string of the molecule is CCCOC(CC(C)(C)C)CC(C)(C)NOC.CCc1ccc(OCC2CO2)cc1. The summed E-state index contributed by atoms with van der Waals surface area (Å²) in [5, 5.41) is 0. The molecule has 0 bridgehead atoms. The molecule has 5 heteroatoms. The van der Waals surface area contributed by atoms with E-state index >= 15 is 0 Å². The van der Waals surface area contributed by atoms with Gasteiger partial charge in [-0.15, -0.1) is 0 Å². The quantitative estimate of drug-likeness (QED) is 0.352. The standard InChI is InChI=1S/C14H31NO2.C11H14O2/c1-8-9-17-12(10-13(2,3)4)11-14(5,6)15-16-7;1-2-9-3-5-10(6-4-9)12-7-11-8-13-11/h12,15H,8-11H2,1-7H3;3-6,11H,2,7-8H2,1H3. The second-order valence-electron chi connectivity index (χ2n) is 9.92. The van der Waals surface area contributed by atoms with Crippen molar-refractivity contribution in [3.8, 4) is 5.75 Å². The summed E-state index contributed by atoms with van der Waals surface area (Å²) in [6.45, 7) is 17.7. The highest BCUT2D eigenvalue weighted by atomic mass is 16.6. The Morgan fingerprint density at radius 1 is 1.07 bits per heavy atom. The van der Waals surface area contributed by atoms with Crippen LogP contribution in [0.3, 0.4) is 0 Å². The molecule has 1 fully saturated rings. The maximum absolute atomic E-state index is 5.95. The molecule has 0 saturated carbocycles. The van der Waals surface area contributed by atoms with Gasteiger partial charge in [-0.05, 0) is 62.6 Å². The monoisotopic (exact) mass is 423 g/mol. The van der Waals surface area contributed by atoms with Crippen molar-refractivity contribution in [3.63, 3.8) is 0 Å². The number of rotatable bonds is 12.